The largest absolute Gasteiger partial charge is 0.497 e. The molecule has 1 aliphatic carbocycles. The minimum absolute atomic E-state index is 0.181. The molecule has 1 aromatic rings. The molecule has 1 aliphatic rings. The monoisotopic (exact) mass is 247 g/mol. The molecule has 18 heavy (non-hydrogen) atoms. The number of aryl methyl sites for hydroxylation is 1. The number of methoxy groups -OCH3 is 1. The Balaban J connectivity index is 1.88. The van der Waals surface area contributed by atoms with Crippen LogP contribution in [0.2, 0.25) is 0 Å². The molecule has 1 aromatic carbocycles. The molecule has 1 fully saturated rings. The molecule has 0 aromatic heterocycles. The van der Waals surface area contributed by atoms with Gasteiger partial charge in [0.25, 0.3) is 0 Å². The third kappa shape index (κ3) is 2.91. The van der Waals surface area contributed by atoms with Crippen LogP contribution in [0.15, 0.2) is 24.3 Å². The van der Waals surface area contributed by atoms with Crippen molar-refractivity contribution in [1.82, 2.24) is 0 Å². The van der Waals surface area contributed by atoms with Crippen LogP contribution in [0.4, 0.5) is 0 Å². The molecule has 0 heterocycles. The van der Waals surface area contributed by atoms with Crippen molar-refractivity contribution in [3.05, 3.63) is 29.8 Å². The summed E-state index contributed by atoms with van der Waals surface area (Å²) < 4.78 is 5.10. The Morgan fingerprint density at radius 2 is 2.00 bits per heavy atom. The van der Waals surface area contributed by atoms with Crippen molar-refractivity contribution in [3.63, 3.8) is 0 Å². The van der Waals surface area contributed by atoms with E-state index in [1.165, 1.54) is 0 Å². The first-order chi connectivity index (χ1) is 8.54. The fraction of sp³-hybridized carbons (Fsp3) is 0.533. The summed E-state index contributed by atoms with van der Waals surface area (Å²) >= 11 is 0. The van der Waals surface area contributed by atoms with Gasteiger partial charge < -0.3 is 10.5 Å². The molecular formula is C15H21NO2. The van der Waals surface area contributed by atoms with Gasteiger partial charge in [-0.1, -0.05) is 12.1 Å². The van der Waals surface area contributed by atoms with Gasteiger partial charge in [-0.2, -0.15) is 0 Å². The molecular weight excluding hydrogens is 226 g/mol. The fourth-order valence-corrected chi connectivity index (χ4v) is 2.23. The molecule has 0 bridgehead atoms. The van der Waals surface area contributed by atoms with Crippen molar-refractivity contribution in [1.29, 1.82) is 0 Å². The number of benzene rings is 1. The molecule has 0 spiro atoms. The van der Waals surface area contributed by atoms with Crippen LogP contribution in [0.3, 0.4) is 0 Å². The summed E-state index contributed by atoms with van der Waals surface area (Å²) in [6.45, 7) is 1.88. The van der Waals surface area contributed by atoms with Crippen LogP contribution < -0.4 is 10.5 Å². The number of carbonyl (C=O) groups is 1. The van der Waals surface area contributed by atoms with Crippen molar-refractivity contribution in [2.45, 2.75) is 38.1 Å². The Labute approximate surface area is 108 Å². The zero-order valence-electron chi connectivity index (χ0n) is 11.1. The summed E-state index contributed by atoms with van der Waals surface area (Å²) in [5.41, 5.74) is 6.64. The van der Waals surface area contributed by atoms with E-state index in [0.29, 0.717) is 12.3 Å². The van der Waals surface area contributed by atoms with E-state index in [1.807, 2.05) is 31.2 Å². The summed E-state index contributed by atoms with van der Waals surface area (Å²) in [6, 6.07) is 7.83. The van der Waals surface area contributed by atoms with Crippen molar-refractivity contribution in [3.8, 4) is 5.75 Å². The van der Waals surface area contributed by atoms with E-state index in [2.05, 4.69) is 0 Å². The molecule has 0 aliphatic heterocycles. The SMILES string of the molecule is COc1ccc(CCC(=O)C(C)(N)C2CC2)cc1. The Morgan fingerprint density at radius 1 is 1.39 bits per heavy atom. The minimum atomic E-state index is -0.619. The lowest BCUT2D eigenvalue weighted by atomic mass is 9.88. The number of rotatable bonds is 6. The first kappa shape index (κ1) is 13.1. The average molecular weight is 247 g/mol. The smallest absolute Gasteiger partial charge is 0.152 e. The highest BCUT2D eigenvalue weighted by Gasteiger charge is 2.43. The molecule has 1 saturated carbocycles. The molecule has 3 heteroatoms. The molecule has 1 atom stereocenters. The Bertz CT molecular complexity index is 419. The third-order valence-corrected chi connectivity index (χ3v) is 3.83. The number of hydrogen-bond donors (Lipinski definition) is 1. The van der Waals surface area contributed by atoms with E-state index in [1.54, 1.807) is 7.11 Å². The normalized spacial score (nSPS) is 18.2. The van der Waals surface area contributed by atoms with Gasteiger partial charge in [0.15, 0.2) is 5.78 Å². The van der Waals surface area contributed by atoms with Gasteiger partial charge in [0.05, 0.1) is 12.6 Å². The molecule has 2 rings (SSSR count). The lowest BCUT2D eigenvalue weighted by molar-refractivity contribution is -0.124. The highest BCUT2D eigenvalue weighted by atomic mass is 16.5. The van der Waals surface area contributed by atoms with Gasteiger partial charge in [-0.05, 0) is 49.8 Å². The molecule has 1 unspecified atom stereocenters. The lowest BCUT2D eigenvalue weighted by Crippen LogP contribution is -2.47. The van der Waals surface area contributed by atoms with Crippen LogP contribution in [0.25, 0.3) is 0 Å². The minimum Gasteiger partial charge on any atom is -0.497 e. The van der Waals surface area contributed by atoms with Gasteiger partial charge in [-0.3, -0.25) is 4.79 Å². The topological polar surface area (TPSA) is 52.3 Å². The van der Waals surface area contributed by atoms with Crippen LogP contribution in [0, 0.1) is 5.92 Å². The van der Waals surface area contributed by atoms with Crippen molar-refractivity contribution in [2.24, 2.45) is 11.7 Å². The average Bonchev–Trinajstić information content (AvgIpc) is 3.21. The molecule has 0 saturated heterocycles. The standard InChI is InChI=1S/C15H21NO2/c1-15(16,12-6-7-12)14(17)10-5-11-3-8-13(18-2)9-4-11/h3-4,8-9,12H,5-7,10,16H2,1-2H3. The molecule has 98 valence electrons. The Kier molecular flexibility index (Phi) is 3.71. The maximum atomic E-state index is 12.1. The van der Waals surface area contributed by atoms with E-state index in [-0.39, 0.29) is 5.78 Å². The van der Waals surface area contributed by atoms with E-state index >= 15 is 0 Å². The van der Waals surface area contributed by atoms with E-state index in [4.69, 9.17) is 10.5 Å². The summed E-state index contributed by atoms with van der Waals surface area (Å²) in [5.74, 6) is 1.42. The molecule has 0 radical (unpaired) electrons. The third-order valence-electron chi connectivity index (χ3n) is 3.83. The summed E-state index contributed by atoms with van der Waals surface area (Å²) in [4.78, 5) is 12.1. The fourth-order valence-electron chi connectivity index (χ4n) is 2.23. The zero-order chi connectivity index (χ0) is 13.2. The zero-order valence-corrected chi connectivity index (χ0v) is 11.1. The molecule has 3 nitrogen and oxygen atoms in total. The number of ether oxygens (including phenoxy) is 1. The molecule has 0 amide bonds. The second kappa shape index (κ2) is 5.11. The van der Waals surface area contributed by atoms with Crippen molar-refractivity contribution in [2.75, 3.05) is 7.11 Å². The van der Waals surface area contributed by atoms with Crippen molar-refractivity contribution < 1.29 is 9.53 Å². The Hall–Kier alpha value is -1.35. The van der Waals surface area contributed by atoms with E-state index in [0.717, 1.165) is 30.6 Å². The van der Waals surface area contributed by atoms with Gasteiger partial charge in [0.1, 0.15) is 5.75 Å². The summed E-state index contributed by atoms with van der Waals surface area (Å²) in [6.07, 6.45) is 3.47. The van der Waals surface area contributed by atoms with E-state index < -0.39 is 5.54 Å². The van der Waals surface area contributed by atoms with Crippen LogP contribution >= 0.6 is 0 Å². The maximum absolute atomic E-state index is 12.1. The number of hydrogen-bond acceptors (Lipinski definition) is 3. The van der Waals surface area contributed by atoms with Gasteiger partial charge in [-0.25, -0.2) is 0 Å². The predicted octanol–water partition coefficient (Wildman–Crippen LogP) is 2.32. The van der Waals surface area contributed by atoms with Gasteiger partial charge in [-0.15, -0.1) is 0 Å². The van der Waals surface area contributed by atoms with Crippen LogP contribution in [0.1, 0.15) is 31.7 Å². The van der Waals surface area contributed by atoms with Crippen LogP contribution in [-0.4, -0.2) is 18.4 Å². The molecule has 2 N–H and O–H groups in total. The second-order valence-corrected chi connectivity index (χ2v) is 5.33. The van der Waals surface area contributed by atoms with Gasteiger partial charge >= 0.3 is 0 Å². The quantitative estimate of drug-likeness (QED) is 0.839. The second-order valence-electron chi connectivity index (χ2n) is 5.33. The van der Waals surface area contributed by atoms with Crippen LogP contribution in [0.5, 0.6) is 5.75 Å². The number of nitrogens with two attached hydrogens (primary N) is 1. The predicted molar refractivity (Wildman–Crippen MR) is 71.6 cm³/mol. The van der Waals surface area contributed by atoms with Crippen molar-refractivity contribution >= 4 is 5.78 Å². The van der Waals surface area contributed by atoms with Gasteiger partial charge in [0.2, 0.25) is 0 Å². The number of carbonyl (C=O) groups excluding carboxylic acids is 1. The first-order valence-corrected chi connectivity index (χ1v) is 6.49. The van der Waals surface area contributed by atoms with E-state index in [9.17, 15) is 4.79 Å². The summed E-state index contributed by atoms with van der Waals surface area (Å²) in [5, 5.41) is 0. The van der Waals surface area contributed by atoms with Crippen LogP contribution in [-0.2, 0) is 11.2 Å². The number of ketones is 1. The highest BCUT2D eigenvalue weighted by molar-refractivity contribution is 5.88. The lowest BCUT2D eigenvalue weighted by Gasteiger charge is -2.22. The number of Topliss-reactive ketones (excluding diaryl/α,β-unsaturated/α-hetero) is 1. The highest BCUT2D eigenvalue weighted by Crippen LogP contribution is 2.39. The van der Waals surface area contributed by atoms with Gasteiger partial charge in [0, 0.05) is 6.42 Å². The summed E-state index contributed by atoms with van der Waals surface area (Å²) in [7, 11) is 1.65. The Morgan fingerprint density at radius 3 is 2.50 bits per heavy atom. The first-order valence-electron chi connectivity index (χ1n) is 6.49. The maximum Gasteiger partial charge on any atom is 0.152 e.